The molecule has 2 N–H and O–H groups in total. The molecule has 2 aromatic rings. The maximum absolute atomic E-state index is 11.0. The van der Waals surface area contributed by atoms with Crippen LogP contribution in [0.5, 0.6) is 0 Å². The number of benzene rings is 1. The highest BCUT2D eigenvalue weighted by molar-refractivity contribution is 6.34. The smallest absolute Gasteiger partial charge is 0.307 e. The average molecular weight is 280 g/mol. The molecule has 6 heteroatoms. The molecule has 0 aliphatic carbocycles. The van der Waals surface area contributed by atoms with Crippen molar-refractivity contribution in [3.63, 3.8) is 0 Å². The summed E-state index contributed by atoms with van der Waals surface area (Å²) in [4.78, 5) is 11.0. The van der Waals surface area contributed by atoms with E-state index in [0.717, 1.165) is 16.5 Å². The minimum Gasteiger partial charge on any atom is -0.481 e. The van der Waals surface area contributed by atoms with E-state index in [0.29, 0.717) is 18.1 Å². The molecule has 1 aliphatic heterocycles. The van der Waals surface area contributed by atoms with E-state index in [1.165, 1.54) is 0 Å². The summed E-state index contributed by atoms with van der Waals surface area (Å²) >= 11 is 6.03. The van der Waals surface area contributed by atoms with E-state index in [4.69, 9.17) is 16.7 Å². The van der Waals surface area contributed by atoms with Crippen LogP contribution in [0.15, 0.2) is 18.2 Å². The third-order valence-corrected chi connectivity index (χ3v) is 3.99. The van der Waals surface area contributed by atoms with Crippen molar-refractivity contribution in [2.24, 2.45) is 13.0 Å². The molecule has 0 radical (unpaired) electrons. The molecule has 0 bridgehead atoms. The van der Waals surface area contributed by atoms with Crippen LogP contribution < -0.4 is 5.32 Å². The van der Waals surface area contributed by atoms with E-state index in [1.807, 2.05) is 25.2 Å². The van der Waals surface area contributed by atoms with Gasteiger partial charge in [-0.3, -0.25) is 9.48 Å². The van der Waals surface area contributed by atoms with Crippen molar-refractivity contribution in [2.45, 2.75) is 12.5 Å². The summed E-state index contributed by atoms with van der Waals surface area (Å²) in [7, 11) is 1.85. The zero-order valence-electron chi connectivity index (χ0n) is 10.4. The Hall–Kier alpha value is -1.59. The fraction of sp³-hybridized carbons (Fsp3) is 0.385. The van der Waals surface area contributed by atoms with Crippen molar-refractivity contribution in [1.82, 2.24) is 15.1 Å². The molecule has 1 aliphatic rings. The predicted octanol–water partition coefficient (Wildman–Crippen LogP) is 1.96. The summed E-state index contributed by atoms with van der Waals surface area (Å²) < 4.78 is 1.74. The maximum atomic E-state index is 11.0. The first-order valence-corrected chi connectivity index (χ1v) is 6.52. The molecule has 0 spiro atoms. The number of aliphatic carboxylic acids is 1. The van der Waals surface area contributed by atoms with Crippen LogP contribution in [0, 0.1) is 5.92 Å². The van der Waals surface area contributed by atoms with Gasteiger partial charge in [-0.15, -0.1) is 0 Å². The summed E-state index contributed by atoms with van der Waals surface area (Å²) in [5, 5.41) is 17.9. The van der Waals surface area contributed by atoms with Gasteiger partial charge in [-0.1, -0.05) is 17.7 Å². The molecule has 2 unspecified atom stereocenters. The number of aromatic nitrogens is 2. The van der Waals surface area contributed by atoms with E-state index in [9.17, 15) is 4.79 Å². The van der Waals surface area contributed by atoms with Gasteiger partial charge in [0.1, 0.15) is 0 Å². The Morgan fingerprint density at radius 1 is 1.58 bits per heavy atom. The minimum atomic E-state index is -0.736. The maximum Gasteiger partial charge on any atom is 0.307 e. The van der Waals surface area contributed by atoms with Gasteiger partial charge < -0.3 is 10.4 Å². The molecule has 2 heterocycles. The SMILES string of the molecule is Cn1nc(Cl)c2ccc(C3CC(C(=O)O)CN3)cc21. The Labute approximate surface area is 115 Å². The van der Waals surface area contributed by atoms with Crippen LogP contribution in [-0.2, 0) is 11.8 Å². The van der Waals surface area contributed by atoms with E-state index in [2.05, 4.69) is 10.4 Å². The Bertz CT molecular complexity index is 653. The molecule has 2 atom stereocenters. The van der Waals surface area contributed by atoms with Crippen LogP contribution in [0.1, 0.15) is 18.0 Å². The fourth-order valence-corrected chi connectivity index (χ4v) is 2.90. The molecule has 0 saturated carbocycles. The third-order valence-electron chi connectivity index (χ3n) is 3.71. The van der Waals surface area contributed by atoms with Gasteiger partial charge in [0.15, 0.2) is 5.15 Å². The number of hydrogen-bond acceptors (Lipinski definition) is 3. The number of carbonyl (C=O) groups is 1. The summed E-state index contributed by atoms with van der Waals surface area (Å²) in [6, 6.07) is 6.03. The molecule has 0 amide bonds. The number of nitrogens with one attached hydrogen (secondary N) is 1. The zero-order valence-corrected chi connectivity index (χ0v) is 11.2. The van der Waals surface area contributed by atoms with Crippen LogP contribution >= 0.6 is 11.6 Å². The number of halogens is 1. The van der Waals surface area contributed by atoms with Crippen molar-refractivity contribution in [1.29, 1.82) is 0 Å². The van der Waals surface area contributed by atoms with Crippen LogP contribution in [0.2, 0.25) is 5.15 Å². The number of hydrogen-bond donors (Lipinski definition) is 2. The van der Waals surface area contributed by atoms with Crippen LogP contribution in [0.3, 0.4) is 0 Å². The van der Waals surface area contributed by atoms with Crippen molar-refractivity contribution in [3.8, 4) is 0 Å². The number of aryl methyl sites for hydroxylation is 1. The second-order valence-corrected chi connectivity index (χ2v) is 5.28. The molecule has 1 aromatic carbocycles. The van der Waals surface area contributed by atoms with Gasteiger partial charge in [-0.25, -0.2) is 0 Å². The largest absolute Gasteiger partial charge is 0.481 e. The molecule has 5 nitrogen and oxygen atoms in total. The third kappa shape index (κ3) is 2.09. The molecular weight excluding hydrogens is 266 g/mol. The number of nitrogens with zero attached hydrogens (tertiary/aromatic N) is 2. The van der Waals surface area contributed by atoms with Crippen molar-refractivity contribution >= 4 is 28.5 Å². The fourth-order valence-electron chi connectivity index (χ4n) is 2.62. The van der Waals surface area contributed by atoms with E-state index < -0.39 is 5.97 Å². The summed E-state index contributed by atoms with van der Waals surface area (Å²) in [5.74, 6) is -1.05. The molecule has 3 rings (SSSR count). The highest BCUT2D eigenvalue weighted by Crippen LogP contribution is 2.31. The Morgan fingerprint density at radius 2 is 2.37 bits per heavy atom. The summed E-state index contributed by atoms with van der Waals surface area (Å²) in [5.41, 5.74) is 2.04. The van der Waals surface area contributed by atoms with E-state index in [1.54, 1.807) is 4.68 Å². The van der Waals surface area contributed by atoms with Crippen LogP contribution in [0.25, 0.3) is 10.9 Å². The lowest BCUT2D eigenvalue weighted by molar-refractivity contribution is -0.141. The number of rotatable bonds is 2. The van der Waals surface area contributed by atoms with Gasteiger partial charge in [0.2, 0.25) is 0 Å². The monoisotopic (exact) mass is 279 g/mol. The predicted molar refractivity (Wildman–Crippen MR) is 72.2 cm³/mol. The van der Waals surface area contributed by atoms with E-state index in [-0.39, 0.29) is 12.0 Å². The standard InChI is InChI=1S/C13H14ClN3O2/c1-17-11-5-7(2-3-9(11)12(14)16-17)10-4-8(6-15-10)13(18)19/h2-3,5,8,10,15H,4,6H2,1H3,(H,18,19). The highest BCUT2D eigenvalue weighted by Gasteiger charge is 2.30. The van der Waals surface area contributed by atoms with E-state index >= 15 is 0 Å². The zero-order chi connectivity index (χ0) is 13.6. The van der Waals surface area contributed by atoms with Crippen LogP contribution in [0.4, 0.5) is 0 Å². The van der Waals surface area contributed by atoms with Gasteiger partial charge in [0.05, 0.1) is 11.4 Å². The quantitative estimate of drug-likeness (QED) is 0.882. The molecule has 1 aromatic heterocycles. The van der Waals surface area contributed by atoms with Gasteiger partial charge in [-0.2, -0.15) is 5.10 Å². The lowest BCUT2D eigenvalue weighted by atomic mass is 9.99. The second-order valence-electron chi connectivity index (χ2n) is 4.92. The van der Waals surface area contributed by atoms with Gasteiger partial charge in [0.25, 0.3) is 0 Å². The molecule has 100 valence electrons. The molecular formula is C13H14ClN3O2. The van der Waals surface area contributed by atoms with Crippen molar-refractivity contribution in [3.05, 3.63) is 28.9 Å². The van der Waals surface area contributed by atoms with Gasteiger partial charge >= 0.3 is 5.97 Å². The number of carboxylic acids is 1. The molecule has 1 saturated heterocycles. The molecule has 1 fully saturated rings. The van der Waals surface area contributed by atoms with Gasteiger partial charge in [-0.05, 0) is 24.1 Å². The molecule has 19 heavy (non-hydrogen) atoms. The van der Waals surface area contributed by atoms with Crippen LogP contribution in [-0.4, -0.2) is 27.4 Å². The lowest BCUT2D eigenvalue weighted by Gasteiger charge is -2.10. The first kappa shape index (κ1) is 12.4. The lowest BCUT2D eigenvalue weighted by Crippen LogP contribution is -2.17. The minimum absolute atomic E-state index is 0.0826. The Balaban J connectivity index is 1.94. The highest BCUT2D eigenvalue weighted by atomic mass is 35.5. The second kappa shape index (κ2) is 4.51. The van der Waals surface area contributed by atoms with Gasteiger partial charge in [0, 0.05) is 25.0 Å². The summed E-state index contributed by atoms with van der Waals surface area (Å²) in [6.07, 6.45) is 0.617. The average Bonchev–Trinajstić information content (AvgIpc) is 2.96. The number of fused-ring (bicyclic) bond motifs is 1. The topological polar surface area (TPSA) is 67.2 Å². The number of carboxylic acid groups (broad SMARTS) is 1. The first-order valence-electron chi connectivity index (χ1n) is 6.14. The normalized spacial score (nSPS) is 23.1. The first-order chi connectivity index (χ1) is 9.06. The summed E-state index contributed by atoms with van der Waals surface area (Å²) in [6.45, 7) is 0.518. The Morgan fingerprint density at radius 3 is 3.05 bits per heavy atom. The Kier molecular flexibility index (Phi) is 2.95. The van der Waals surface area contributed by atoms with Crippen molar-refractivity contribution < 1.29 is 9.90 Å². The van der Waals surface area contributed by atoms with Crippen molar-refractivity contribution in [2.75, 3.05) is 6.54 Å².